The first-order valence-corrected chi connectivity index (χ1v) is 9.76. The number of carbonyl (C=O) groups excluding carboxylic acids is 1. The summed E-state index contributed by atoms with van der Waals surface area (Å²) in [5.74, 6) is 0.893. The van der Waals surface area contributed by atoms with Gasteiger partial charge in [-0.05, 0) is 52.2 Å². The van der Waals surface area contributed by atoms with Crippen molar-refractivity contribution in [3.8, 4) is 0 Å². The van der Waals surface area contributed by atoms with E-state index in [1.807, 2.05) is 17.0 Å². The van der Waals surface area contributed by atoms with E-state index in [0.29, 0.717) is 6.04 Å². The Bertz CT molecular complexity index is 579. The van der Waals surface area contributed by atoms with Gasteiger partial charge >= 0.3 is 6.03 Å². The van der Waals surface area contributed by atoms with Crippen LogP contribution in [0.4, 0.5) is 10.6 Å². The quantitative estimate of drug-likeness (QED) is 0.873. The van der Waals surface area contributed by atoms with E-state index in [4.69, 9.17) is 0 Å². The van der Waals surface area contributed by atoms with Crippen LogP contribution in [0.2, 0.25) is 0 Å². The number of rotatable bonds is 2. The zero-order chi connectivity index (χ0) is 18.6. The summed E-state index contributed by atoms with van der Waals surface area (Å²) in [6.45, 7) is 12.1. The number of amides is 2. The number of likely N-dealkylation sites (tertiary alicyclic amines) is 1. The zero-order valence-corrected chi connectivity index (χ0v) is 16.3. The van der Waals surface area contributed by atoms with E-state index in [0.717, 1.165) is 64.3 Å². The van der Waals surface area contributed by atoms with Crippen LogP contribution in [0.1, 0.15) is 40.0 Å². The summed E-state index contributed by atoms with van der Waals surface area (Å²) in [5.41, 5.74) is 0.212. The molecule has 2 saturated heterocycles. The monoisotopic (exact) mass is 360 g/mol. The smallest absolute Gasteiger partial charge is 0.317 e. The van der Waals surface area contributed by atoms with Crippen molar-refractivity contribution in [1.82, 2.24) is 25.3 Å². The SMILES string of the molecule is CC(C)(C)N1CCC(NC(=O)N2CCCN(c3cccnn3)CC2)CC1. The lowest BCUT2D eigenvalue weighted by atomic mass is 9.98. The lowest BCUT2D eigenvalue weighted by Gasteiger charge is -2.41. The lowest BCUT2D eigenvalue weighted by Crippen LogP contribution is -2.53. The van der Waals surface area contributed by atoms with Crippen molar-refractivity contribution < 1.29 is 4.79 Å². The third kappa shape index (κ3) is 4.84. The molecule has 0 aliphatic carbocycles. The standard InChI is InChI=1S/C19H32N6O/c1-19(2,3)25-12-7-16(8-13-25)21-18(26)24-11-5-10-23(14-15-24)17-6-4-9-20-22-17/h4,6,9,16H,5,7-8,10-15H2,1-3H3,(H,21,26). The molecule has 3 heterocycles. The van der Waals surface area contributed by atoms with Gasteiger partial charge in [-0.15, -0.1) is 5.10 Å². The molecule has 2 fully saturated rings. The minimum atomic E-state index is 0.0835. The number of piperidine rings is 1. The highest BCUT2D eigenvalue weighted by Gasteiger charge is 2.29. The predicted molar refractivity (Wildman–Crippen MR) is 103 cm³/mol. The molecule has 0 radical (unpaired) electrons. The van der Waals surface area contributed by atoms with Crippen molar-refractivity contribution in [3.63, 3.8) is 0 Å². The third-order valence-corrected chi connectivity index (χ3v) is 5.44. The summed E-state index contributed by atoms with van der Waals surface area (Å²) >= 11 is 0. The molecule has 7 heteroatoms. The summed E-state index contributed by atoms with van der Waals surface area (Å²) in [7, 11) is 0. The molecule has 0 atom stereocenters. The molecule has 144 valence electrons. The first kappa shape index (κ1) is 18.9. The van der Waals surface area contributed by atoms with Gasteiger partial charge in [-0.1, -0.05) is 0 Å². The molecule has 0 saturated carbocycles. The van der Waals surface area contributed by atoms with Crippen molar-refractivity contribution in [2.45, 2.75) is 51.6 Å². The van der Waals surface area contributed by atoms with Gasteiger partial charge in [0.25, 0.3) is 0 Å². The highest BCUT2D eigenvalue weighted by Crippen LogP contribution is 2.20. The predicted octanol–water partition coefficient (Wildman–Crippen LogP) is 1.96. The van der Waals surface area contributed by atoms with Crippen molar-refractivity contribution in [2.75, 3.05) is 44.2 Å². The third-order valence-electron chi connectivity index (χ3n) is 5.44. The van der Waals surface area contributed by atoms with E-state index in [-0.39, 0.29) is 11.6 Å². The maximum atomic E-state index is 12.7. The Hall–Kier alpha value is -1.89. The van der Waals surface area contributed by atoms with Crippen LogP contribution in [-0.2, 0) is 0 Å². The van der Waals surface area contributed by atoms with Gasteiger partial charge < -0.3 is 15.1 Å². The normalized spacial score (nSPS) is 20.7. The molecule has 0 unspecified atom stereocenters. The Morgan fingerprint density at radius 3 is 2.54 bits per heavy atom. The van der Waals surface area contributed by atoms with Crippen LogP contribution in [0, 0.1) is 0 Å². The molecule has 26 heavy (non-hydrogen) atoms. The van der Waals surface area contributed by atoms with Gasteiger partial charge in [0.05, 0.1) is 0 Å². The van der Waals surface area contributed by atoms with Gasteiger partial charge in [0.15, 0.2) is 5.82 Å². The largest absolute Gasteiger partial charge is 0.353 e. The number of hydrogen-bond acceptors (Lipinski definition) is 5. The summed E-state index contributed by atoms with van der Waals surface area (Å²) in [5, 5.41) is 11.4. The first-order chi connectivity index (χ1) is 12.4. The first-order valence-electron chi connectivity index (χ1n) is 9.76. The molecule has 0 bridgehead atoms. The molecular formula is C19H32N6O. The molecular weight excluding hydrogens is 328 g/mol. The molecule has 3 rings (SSSR count). The van der Waals surface area contributed by atoms with Gasteiger partial charge in [0.1, 0.15) is 0 Å². The minimum Gasteiger partial charge on any atom is -0.353 e. The van der Waals surface area contributed by atoms with Crippen molar-refractivity contribution in [2.24, 2.45) is 0 Å². The maximum absolute atomic E-state index is 12.7. The maximum Gasteiger partial charge on any atom is 0.317 e. The number of urea groups is 1. The Balaban J connectivity index is 1.47. The summed E-state index contributed by atoms with van der Waals surface area (Å²) < 4.78 is 0. The average molecular weight is 361 g/mol. The van der Waals surface area contributed by atoms with Crippen LogP contribution in [-0.4, -0.2) is 76.9 Å². The van der Waals surface area contributed by atoms with Crippen LogP contribution >= 0.6 is 0 Å². The van der Waals surface area contributed by atoms with E-state index in [9.17, 15) is 4.79 Å². The molecule has 7 nitrogen and oxygen atoms in total. The molecule has 2 aliphatic rings. The van der Waals surface area contributed by atoms with Crippen LogP contribution in [0.15, 0.2) is 18.3 Å². The molecule has 1 aromatic heterocycles. The van der Waals surface area contributed by atoms with E-state index >= 15 is 0 Å². The zero-order valence-electron chi connectivity index (χ0n) is 16.3. The van der Waals surface area contributed by atoms with Gasteiger partial charge in [-0.2, -0.15) is 5.10 Å². The number of carbonyl (C=O) groups is 1. The fourth-order valence-electron chi connectivity index (χ4n) is 3.77. The summed E-state index contributed by atoms with van der Waals surface area (Å²) in [4.78, 5) is 19.4. The fraction of sp³-hybridized carbons (Fsp3) is 0.737. The molecule has 1 aromatic rings. The second-order valence-electron chi connectivity index (χ2n) is 8.29. The van der Waals surface area contributed by atoms with Crippen molar-refractivity contribution >= 4 is 11.8 Å². The highest BCUT2D eigenvalue weighted by atomic mass is 16.2. The molecule has 2 aliphatic heterocycles. The van der Waals surface area contributed by atoms with Crippen molar-refractivity contribution in [3.05, 3.63) is 18.3 Å². The van der Waals surface area contributed by atoms with Crippen LogP contribution in [0.5, 0.6) is 0 Å². The van der Waals surface area contributed by atoms with Crippen LogP contribution in [0.3, 0.4) is 0 Å². The molecule has 0 aromatic carbocycles. The number of anilines is 1. The van der Waals surface area contributed by atoms with Gasteiger partial charge in [-0.25, -0.2) is 4.79 Å². The lowest BCUT2D eigenvalue weighted by molar-refractivity contribution is 0.0960. The number of hydrogen-bond donors (Lipinski definition) is 1. The fourth-order valence-corrected chi connectivity index (χ4v) is 3.77. The van der Waals surface area contributed by atoms with Gasteiger partial charge in [0.2, 0.25) is 0 Å². The van der Waals surface area contributed by atoms with E-state index < -0.39 is 0 Å². The van der Waals surface area contributed by atoms with E-state index in [1.54, 1.807) is 6.20 Å². The Labute approximate surface area is 156 Å². The number of aromatic nitrogens is 2. The summed E-state index contributed by atoms with van der Waals surface area (Å²) in [6, 6.07) is 4.26. The topological polar surface area (TPSA) is 64.6 Å². The van der Waals surface area contributed by atoms with Gasteiger partial charge in [0, 0.05) is 57.0 Å². The van der Waals surface area contributed by atoms with E-state index in [1.165, 1.54) is 0 Å². The number of nitrogens with one attached hydrogen (secondary N) is 1. The summed E-state index contributed by atoms with van der Waals surface area (Å²) in [6.07, 6.45) is 4.70. The van der Waals surface area contributed by atoms with Crippen LogP contribution < -0.4 is 10.2 Å². The van der Waals surface area contributed by atoms with Gasteiger partial charge in [-0.3, -0.25) is 4.90 Å². The van der Waals surface area contributed by atoms with Crippen molar-refractivity contribution in [1.29, 1.82) is 0 Å². The Morgan fingerprint density at radius 2 is 1.88 bits per heavy atom. The molecule has 0 spiro atoms. The second-order valence-corrected chi connectivity index (χ2v) is 8.29. The Morgan fingerprint density at radius 1 is 1.12 bits per heavy atom. The molecule has 2 amide bonds. The molecule has 1 N–H and O–H groups in total. The Kier molecular flexibility index (Phi) is 5.96. The van der Waals surface area contributed by atoms with Crippen LogP contribution in [0.25, 0.3) is 0 Å². The minimum absolute atomic E-state index is 0.0835. The second kappa shape index (κ2) is 8.20. The van der Waals surface area contributed by atoms with E-state index in [2.05, 4.69) is 46.1 Å². The number of nitrogens with zero attached hydrogens (tertiary/aromatic N) is 5. The highest BCUT2D eigenvalue weighted by molar-refractivity contribution is 5.74. The average Bonchev–Trinajstić information content (AvgIpc) is 2.88.